The number of nitriles is 1. The highest BCUT2D eigenvalue weighted by Gasteiger charge is 2.34. The molecule has 6 heteroatoms. The molecule has 0 radical (unpaired) electrons. The Morgan fingerprint density at radius 3 is 2.40 bits per heavy atom. The SMILES string of the molecule is N#CCc1cc(F)cc(C(F)(F)F)c1Cl. The van der Waals surface area contributed by atoms with Crippen LogP contribution in [-0.4, -0.2) is 0 Å². The van der Waals surface area contributed by atoms with E-state index in [2.05, 4.69) is 0 Å². The number of hydrogen-bond donors (Lipinski definition) is 0. The number of hydrogen-bond acceptors (Lipinski definition) is 1. The fourth-order valence-corrected chi connectivity index (χ4v) is 1.35. The van der Waals surface area contributed by atoms with Gasteiger partial charge in [0.05, 0.1) is 23.1 Å². The quantitative estimate of drug-likeness (QED) is 0.685. The van der Waals surface area contributed by atoms with Crippen LogP contribution in [0, 0.1) is 17.1 Å². The molecule has 15 heavy (non-hydrogen) atoms. The molecular formula is C9H4ClF4N. The van der Waals surface area contributed by atoms with Gasteiger partial charge >= 0.3 is 6.18 Å². The maximum absolute atomic E-state index is 12.8. The third kappa shape index (κ3) is 2.60. The third-order valence-electron chi connectivity index (χ3n) is 1.69. The minimum atomic E-state index is -4.72. The Hall–Kier alpha value is -1.28. The van der Waals surface area contributed by atoms with Crippen LogP contribution in [0.4, 0.5) is 17.6 Å². The number of alkyl halides is 3. The highest BCUT2D eigenvalue weighted by atomic mass is 35.5. The molecule has 0 unspecified atom stereocenters. The van der Waals surface area contributed by atoms with E-state index in [0.717, 1.165) is 6.07 Å². The molecule has 0 aliphatic heterocycles. The van der Waals surface area contributed by atoms with Crippen molar-refractivity contribution in [2.75, 3.05) is 0 Å². The lowest BCUT2D eigenvalue weighted by Gasteiger charge is -2.11. The molecule has 0 atom stereocenters. The van der Waals surface area contributed by atoms with Crippen molar-refractivity contribution in [1.29, 1.82) is 5.26 Å². The zero-order valence-electron chi connectivity index (χ0n) is 7.20. The van der Waals surface area contributed by atoms with Crippen LogP contribution in [0.3, 0.4) is 0 Å². The first-order chi connectivity index (χ1) is 6.86. The molecule has 1 nitrogen and oxygen atoms in total. The molecule has 0 amide bonds. The van der Waals surface area contributed by atoms with Crippen LogP contribution in [-0.2, 0) is 12.6 Å². The van der Waals surface area contributed by atoms with Crippen molar-refractivity contribution < 1.29 is 17.6 Å². The van der Waals surface area contributed by atoms with Crippen LogP contribution in [0.2, 0.25) is 5.02 Å². The smallest absolute Gasteiger partial charge is 0.207 e. The van der Waals surface area contributed by atoms with Gasteiger partial charge in [0, 0.05) is 0 Å². The van der Waals surface area contributed by atoms with Crippen LogP contribution >= 0.6 is 11.6 Å². The summed E-state index contributed by atoms with van der Waals surface area (Å²) in [7, 11) is 0. The second kappa shape index (κ2) is 4.07. The maximum atomic E-state index is 12.8. The summed E-state index contributed by atoms with van der Waals surface area (Å²) in [6.07, 6.45) is -5.08. The van der Waals surface area contributed by atoms with E-state index in [-0.39, 0.29) is 12.0 Å². The summed E-state index contributed by atoms with van der Waals surface area (Å²) in [5.74, 6) is -1.06. The molecule has 0 fully saturated rings. The molecule has 0 spiro atoms. The first-order valence-corrected chi connectivity index (χ1v) is 4.16. The third-order valence-corrected chi connectivity index (χ3v) is 2.13. The highest BCUT2D eigenvalue weighted by Crippen LogP contribution is 2.37. The van der Waals surface area contributed by atoms with Crippen molar-refractivity contribution in [3.05, 3.63) is 34.1 Å². The van der Waals surface area contributed by atoms with E-state index in [1.165, 1.54) is 0 Å². The first-order valence-electron chi connectivity index (χ1n) is 3.78. The van der Waals surface area contributed by atoms with Crippen LogP contribution in [0.15, 0.2) is 12.1 Å². The van der Waals surface area contributed by atoms with Crippen LogP contribution in [0.1, 0.15) is 11.1 Å². The monoisotopic (exact) mass is 237 g/mol. The summed E-state index contributed by atoms with van der Waals surface area (Å²) in [4.78, 5) is 0. The van der Waals surface area contributed by atoms with Gasteiger partial charge in [-0.15, -0.1) is 0 Å². The van der Waals surface area contributed by atoms with Crippen molar-refractivity contribution in [2.45, 2.75) is 12.6 Å². The first kappa shape index (κ1) is 11.8. The lowest BCUT2D eigenvalue weighted by Crippen LogP contribution is -2.08. The van der Waals surface area contributed by atoms with Crippen LogP contribution in [0.5, 0.6) is 0 Å². The van der Waals surface area contributed by atoms with E-state index in [1.54, 1.807) is 6.07 Å². The topological polar surface area (TPSA) is 23.8 Å². The number of benzene rings is 1. The summed E-state index contributed by atoms with van der Waals surface area (Å²) < 4.78 is 49.7. The van der Waals surface area contributed by atoms with Gasteiger partial charge in [-0.05, 0) is 17.7 Å². The summed E-state index contributed by atoms with van der Waals surface area (Å²) in [5.41, 5.74) is -1.42. The molecule has 1 aromatic rings. The lowest BCUT2D eigenvalue weighted by atomic mass is 10.1. The van der Waals surface area contributed by atoms with Crippen molar-refractivity contribution in [1.82, 2.24) is 0 Å². The molecule has 0 aromatic heterocycles. The van der Waals surface area contributed by atoms with Crippen LogP contribution < -0.4 is 0 Å². The summed E-state index contributed by atoms with van der Waals surface area (Å²) in [5, 5.41) is 7.70. The average Bonchev–Trinajstić information content (AvgIpc) is 2.09. The Balaban J connectivity index is 3.36. The van der Waals surface area contributed by atoms with E-state index < -0.39 is 22.6 Å². The number of halogens is 5. The summed E-state index contributed by atoms with van der Waals surface area (Å²) in [6.45, 7) is 0. The molecule has 0 heterocycles. The minimum Gasteiger partial charge on any atom is -0.207 e. The number of nitrogens with zero attached hydrogens (tertiary/aromatic N) is 1. The van der Waals surface area contributed by atoms with Gasteiger partial charge in [0.2, 0.25) is 0 Å². The lowest BCUT2D eigenvalue weighted by molar-refractivity contribution is -0.137. The zero-order chi connectivity index (χ0) is 11.6. The van der Waals surface area contributed by atoms with E-state index in [0.29, 0.717) is 6.07 Å². The fraction of sp³-hybridized carbons (Fsp3) is 0.222. The normalized spacial score (nSPS) is 11.2. The average molecular weight is 238 g/mol. The van der Waals surface area contributed by atoms with Gasteiger partial charge in [-0.3, -0.25) is 0 Å². The molecule has 1 aromatic carbocycles. The van der Waals surface area contributed by atoms with E-state index in [4.69, 9.17) is 16.9 Å². The van der Waals surface area contributed by atoms with Gasteiger partial charge in [-0.1, -0.05) is 11.6 Å². The summed E-state index contributed by atoms with van der Waals surface area (Å²) in [6, 6.07) is 2.74. The van der Waals surface area contributed by atoms with E-state index in [9.17, 15) is 17.6 Å². The molecule has 0 aliphatic rings. The predicted octanol–water partition coefficient (Wildman–Crippen LogP) is 3.56. The van der Waals surface area contributed by atoms with Gasteiger partial charge in [-0.25, -0.2) is 4.39 Å². The van der Waals surface area contributed by atoms with Crippen molar-refractivity contribution >= 4 is 11.6 Å². The second-order valence-electron chi connectivity index (χ2n) is 2.76. The molecule has 80 valence electrons. The molecule has 0 N–H and O–H groups in total. The Morgan fingerprint density at radius 1 is 1.33 bits per heavy atom. The Labute approximate surface area is 87.9 Å². The molecular weight excluding hydrogens is 234 g/mol. The fourth-order valence-electron chi connectivity index (χ4n) is 1.07. The highest BCUT2D eigenvalue weighted by molar-refractivity contribution is 6.32. The summed E-state index contributed by atoms with van der Waals surface area (Å²) >= 11 is 5.41. The van der Waals surface area contributed by atoms with Crippen molar-refractivity contribution in [3.8, 4) is 6.07 Å². The van der Waals surface area contributed by atoms with Gasteiger partial charge in [0.1, 0.15) is 5.82 Å². The molecule has 0 saturated carbocycles. The zero-order valence-corrected chi connectivity index (χ0v) is 7.95. The Bertz CT molecular complexity index is 419. The Kier molecular flexibility index (Phi) is 3.20. The van der Waals surface area contributed by atoms with Crippen molar-refractivity contribution in [2.24, 2.45) is 0 Å². The van der Waals surface area contributed by atoms with E-state index >= 15 is 0 Å². The molecule has 1 rings (SSSR count). The molecule has 0 aliphatic carbocycles. The van der Waals surface area contributed by atoms with E-state index in [1.807, 2.05) is 0 Å². The second-order valence-corrected chi connectivity index (χ2v) is 3.14. The van der Waals surface area contributed by atoms with Gasteiger partial charge < -0.3 is 0 Å². The standard InChI is InChI=1S/C9H4ClF4N/c10-8-5(1-2-15)3-6(11)4-7(8)9(12,13)14/h3-4H,1H2. The Morgan fingerprint density at radius 2 is 1.93 bits per heavy atom. The maximum Gasteiger partial charge on any atom is 0.417 e. The van der Waals surface area contributed by atoms with Gasteiger partial charge in [0.15, 0.2) is 0 Å². The minimum absolute atomic E-state index is 0.161. The van der Waals surface area contributed by atoms with Crippen LogP contribution in [0.25, 0.3) is 0 Å². The number of rotatable bonds is 1. The molecule has 0 bridgehead atoms. The molecule has 0 saturated heterocycles. The predicted molar refractivity (Wildman–Crippen MR) is 45.7 cm³/mol. The van der Waals surface area contributed by atoms with Gasteiger partial charge in [0.25, 0.3) is 0 Å². The van der Waals surface area contributed by atoms with Crippen molar-refractivity contribution in [3.63, 3.8) is 0 Å². The van der Waals surface area contributed by atoms with Gasteiger partial charge in [-0.2, -0.15) is 18.4 Å². The largest absolute Gasteiger partial charge is 0.417 e.